The number of aryl methyl sites for hydroxylation is 2. The van der Waals surface area contributed by atoms with E-state index in [4.69, 9.17) is 9.72 Å². The number of nitrogens with one attached hydrogen (secondary N) is 1. The Morgan fingerprint density at radius 2 is 1.89 bits per heavy atom. The first-order chi connectivity index (χ1) is 13.2. The lowest BCUT2D eigenvalue weighted by molar-refractivity contribution is -0.118. The normalized spacial score (nSPS) is 18.9. The van der Waals surface area contributed by atoms with E-state index in [1.165, 1.54) is 24.1 Å². The fourth-order valence-electron chi connectivity index (χ4n) is 3.50. The van der Waals surface area contributed by atoms with Gasteiger partial charge >= 0.3 is 0 Å². The molecule has 0 bridgehead atoms. The summed E-state index contributed by atoms with van der Waals surface area (Å²) in [5, 5.41) is 1.72. The third kappa shape index (κ3) is 4.50. The van der Waals surface area contributed by atoms with Crippen molar-refractivity contribution in [1.82, 2.24) is 10.3 Å². The average molecular weight is 382 g/mol. The van der Waals surface area contributed by atoms with E-state index in [1.54, 1.807) is 0 Å². The van der Waals surface area contributed by atoms with Crippen molar-refractivity contribution in [2.75, 3.05) is 6.61 Å². The highest BCUT2D eigenvalue weighted by atomic mass is 32.2. The van der Waals surface area contributed by atoms with E-state index in [0.717, 1.165) is 48.0 Å². The largest absolute Gasteiger partial charge is 0.493 e. The molecule has 1 aromatic heterocycles. The Kier molecular flexibility index (Phi) is 5.43. The molecule has 1 atom stereocenters. The first kappa shape index (κ1) is 18.0. The van der Waals surface area contributed by atoms with Crippen LogP contribution in [0.25, 0.3) is 0 Å². The fourth-order valence-corrected chi connectivity index (χ4v) is 4.36. The van der Waals surface area contributed by atoms with Gasteiger partial charge < -0.3 is 4.74 Å². The van der Waals surface area contributed by atoms with Gasteiger partial charge in [0.1, 0.15) is 5.75 Å². The molecule has 2 aromatic rings. The molecule has 6 heteroatoms. The number of rotatable bonds is 6. The van der Waals surface area contributed by atoms with Crippen LogP contribution < -0.4 is 10.1 Å². The van der Waals surface area contributed by atoms with Gasteiger partial charge in [-0.3, -0.25) is 19.9 Å². The number of imide groups is 1. The number of carbonyl (C=O) groups excluding carboxylic acids is 2. The van der Waals surface area contributed by atoms with Gasteiger partial charge in [0.25, 0.3) is 5.24 Å². The van der Waals surface area contributed by atoms with Crippen molar-refractivity contribution in [2.45, 2.75) is 43.8 Å². The van der Waals surface area contributed by atoms with Crippen molar-refractivity contribution >= 4 is 22.9 Å². The van der Waals surface area contributed by atoms with E-state index < -0.39 is 0 Å². The van der Waals surface area contributed by atoms with Crippen LogP contribution in [0.3, 0.4) is 0 Å². The van der Waals surface area contributed by atoms with Crippen LogP contribution in [-0.2, 0) is 30.5 Å². The van der Waals surface area contributed by atoms with E-state index >= 15 is 0 Å². The SMILES string of the molecule is O=C1NC(=O)C(Cc2ccc(OCCc3ccc4c(n3)CCCC4)cc2)S1. The third-order valence-electron chi connectivity index (χ3n) is 4.97. The summed E-state index contributed by atoms with van der Waals surface area (Å²) in [5.41, 5.74) is 4.76. The molecule has 1 aliphatic carbocycles. The smallest absolute Gasteiger partial charge is 0.286 e. The Morgan fingerprint density at radius 3 is 2.67 bits per heavy atom. The average Bonchev–Trinajstić information content (AvgIpc) is 3.00. The fraction of sp³-hybridized carbons (Fsp3) is 0.381. The van der Waals surface area contributed by atoms with E-state index in [-0.39, 0.29) is 16.4 Å². The molecular formula is C21H22N2O3S. The van der Waals surface area contributed by atoms with Crippen molar-refractivity contribution in [3.8, 4) is 5.75 Å². The van der Waals surface area contributed by atoms with Crippen LogP contribution in [0.2, 0.25) is 0 Å². The quantitative estimate of drug-likeness (QED) is 0.828. The summed E-state index contributed by atoms with van der Waals surface area (Å²) in [5.74, 6) is 0.596. The summed E-state index contributed by atoms with van der Waals surface area (Å²) in [6.45, 7) is 0.584. The summed E-state index contributed by atoms with van der Waals surface area (Å²) < 4.78 is 5.84. The maximum atomic E-state index is 11.6. The zero-order valence-corrected chi connectivity index (χ0v) is 15.9. The van der Waals surface area contributed by atoms with Gasteiger partial charge in [-0.25, -0.2) is 0 Å². The van der Waals surface area contributed by atoms with E-state index in [0.29, 0.717) is 13.0 Å². The molecule has 4 rings (SSSR count). The summed E-state index contributed by atoms with van der Waals surface area (Å²) in [7, 11) is 0. The minimum Gasteiger partial charge on any atom is -0.493 e. The standard InChI is InChI=1S/C21H22N2O3S/c24-20-19(27-21(25)23-20)13-14-5-9-17(10-6-14)26-12-11-16-8-7-15-3-1-2-4-18(15)22-16/h5-10,19H,1-4,11-13H2,(H,23,24,25). The zero-order chi connectivity index (χ0) is 18.6. The number of pyridine rings is 1. The van der Waals surface area contributed by atoms with Gasteiger partial charge in [0.2, 0.25) is 5.91 Å². The molecule has 0 saturated carbocycles. The Morgan fingerprint density at radius 1 is 1.07 bits per heavy atom. The second kappa shape index (κ2) is 8.13. The topological polar surface area (TPSA) is 68.3 Å². The number of fused-ring (bicyclic) bond motifs is 1. The van der Waals surface area contributed by atoms with Gasteiger partial charge in [-0.15, -0.1) is 0 Å². The number of thioether (sulfide) groups is 1. The number of carbonyl (C=O) groups is 2. The zero-order valence-electron chi connectivity index (χ0n) is 15.1. The summed E-state index contributed by atoms with van der Waals surface area (Å²) >= 11 is 1.06. The Balaban J connectivity index is 1.28. The van der Waals surface area contributed by atoms with Crippen LogP contribution in [-0.4, -0.2) is 28.0 Å². The van der Waals surface area contributed by atoms with Gasteiger partial charge in [-0.05, 0) is 61.4 Å². The lowest BCUT2D eigenvalue weighted by Crippen LogP contribution is -2.25. The van der Waals surface area contributed by atoms with Gasteiger partial charge in [0.15, 0.2) is 0 Å². The molecule has 1 unspecified atom stereocenters. The highest BCUT2D eigenvalue weighted by Gasteiger charge is 2.31. The number of benzene rings is 1. The number of aromatic nitrogens is 1. The van der Waals surface area contributed by atoms with Crippen molar-refractivity contribution in [3.63, 3.8) is 0 Å². The molecule has 2 aliphatic rings. The molecule has 27 heavy (non-hydrogen) atoms. The molecule has 2 amide bonds. The van der Waals surface area contributed by atoms with E-state index in [9.17, 15) is 9.59 Å². The molecule has 0 radical (unpaired) electrons. The van der Waals surface area contributed by atoms with Crippen LogP contribution in [0.5, 0.6) is 5.75 Å². The van der Waals surface area contributed by atoms with Gasteiger partial charge in [0, 0.05) is 17.8 Å². The van der Waals surface area contributed by atoms with Crippen molar-refractivity contribution in [3.05, 3.63) is 58.9 Å². The number of ether oxygens (including phenoxy) is 1. The molecular weight excluding hydrogens is 360 g/mol. The van der Waals surface area contributed by atoms with Gasteiger partial charge in [0.05, 0.1) is 11.9 Å². The predicted octanol–water partition coefficient (Wildman–Crippen LogP) is 3.48. The van der Waals surface area contributed by atoms with Gasteiger partial charge in [-0.2, -0.15) is 0 Å². The Bertz CT molecular complexity index is 851. The second-order valence-corrected chi connectivity index (χ2v) is 8.12. The first-order valence-corrected chi connectivity index (χ1v) is 10.3. The number of nitrogens with zero attached hydrogens (tertiary/aromatic N) is 1. The summed E-state index contributed by atoms with van der Waals surface area (Å²) in [6, 6.07) is 12.0. The molecule has 140 valence electrons. The maximum absolute atomic E-state index is 11.6. The van der Waals surface area contributed by atoms with Crippen LogP contribution in [0, 0.1) is 0 Å². The van der Waals surface area contributed by atoms with Crippen LogP contribution in [0.4, 0.5) is 4.79 Å². The highest BCUT2D eigenvalue weighted by Crippen LogP contribution is 2.24. The minimum absolute atomic E-state index is 0.206. The molecule has 1 aromatic carbocycles. The Labute approximate surface area is 162 Å². The van der Waals surface area contributed by atoms with Crippen LogP contribution >= 0.6 is 11.8 Å². The summed E-state index contributed by atoms with van der Waals surface area (Å²) in [6.07, 6.45) is 6.08. The minimum atomic E-state index is -0.334. The van der Waals surface area contributed by atoms with Crippen molar-refractivity contribution < 1.29 is 14.3 Å². The molecule has 0 spiro atoms. The lowest BCUT2D eigenvalue weighted by Gasteiger charge is -2.15. The molecule has 2 heterocycles. The van der Waals surface area contributed by atoms with Crippen molar-refractivity contribution in [1.29, 1.82) is 0 Å². The predicted molar refractivity (Wildman–Crippen MR) is 105 cm³/mol. The first-order valence-electron chi connectivity index (χ1n) is 9.38. The third-order valence-corrected chi connectivity index (χ3v) is 5.96. The monoisotopic (exact) mass is 382 g/mol. The van der Waals surface area contributed by atoms with Crippen molar-refractivity contribution in [2.24, 2.45) is 0 Å². The van der Waals surface area contributed by atoms with Crippen LogP contribution in [0.15, 0.2) is 36.4 Å². The van der Waals surface area contributed by atoms with E-state index in [2.05, 4.69) is 17.4 Å². The number of hydrogen-bond donors (Lipinski definition) is 1. The molecule has 1 N–H and O–H groups in total. The van der Waals surface area contributed by atoms with E-state index in [1.807, 2.05) is 24.3 Å². The molecule has 1 fully saturated rings. The van der Waals surface area contributed by atoms with Crippen LogP contribution in [0.1, 0.15) is 35.4 Å². The molecule has 1 saturated heterocycles. The maximum Gasteiger partial charge on any atom is 0.286 e. The lowest BCUT2D eigenvalue weighted by atomic mass is 9.96. The van der Waals surface area contributed by atoms with Gasteiger partial charge in [-0.1, -0.05) is 30.0 Å². The Hall–Kier alpha value is -2.34. The number of amides is 2. The highest BCUT2D eigenvalue weighted by molar-refractivity contribution is 8.15. The molecule has 1 aliphatic heterocycles. The summed E-state index contributed by atoms with van der Waals surface area (Å²) in [4.78, 5) is 27.6. The molecule has 5 nitrogen and oxygen atoms in total. The number of hydrogen-bond acceptors (Lipinski definition) is 5. The second-order valence-electron chi connectivity index (χ2n) is 6.95.